The van der Waals surface area contributed by atoms with Crippen LogP contribution in [-0.2, 0) is 17.2 Å². The zero-order valence-electron chi connectivity index (χ0n) is 17.5. The molecule has 2 aromatic rings. The molecule has 3 aliphatic heterocycles. The van der Waals surface area contributed by atoms with Gasteiger partial charge in [-0.25, -0.2) is 4.98 Å². The summed E-state index contributed by atoms with van der Waals surface area (Å²) >= 11 is 6.07. The van der Waals surface area contributed by atoms with Crippen molar-refractivity contribution in [1.29, 1.82) is 0 Å². The van der Waals surface area contributed by atoms with Gasteiger partial charge in [-0.3, -0.25) is 4.21 Å². The molecule has 7 rings (SSSR count). The molecular weight excluding hydrogens is 430 g/mol. The van der Waals surface area contributed by atoms with Crippen LogP contribution in [-0.4, -0.2) is 44.3 Å². The molecule has 0 radical (unpaired) electrons. The maximum atomic E-state index is 12.7. The second-order valence-electron chi connectivity index (χ2n) is 9.70. The molecule has 0 spiro atoms. The van der Waals surface area contributed by atoms with Gasteiger partial charge in [0.1, 0.15) is 11.6 Å². The van der Waals surface area contributed by atoms with Crippen molar-refractivity contribution in [2.45, 2.75) is 73.4 Å². The van der Waals surface area contributed by atoms with Crippen LogP contribution in [0, 0.1) is 0 Å². The molecule has 2 saturated carbocycles. The number of hydrogen-bond acceptors (Lipinski definition) is 5. The van der Waals surface area contributed by atoms with Gasteiger partial charge in [0.25, 0.3) is 0 Å². The first-order valence-electron chi connectivity index (χ1n) is 11.4. The summed E-state index contributed by atoms with van der Waals surface area (Å²) in [6, 6.07) is 11.5. The Morgan fingerprint density at radius 2 is 1.94 bits per heavy atom. The Balaban J connectivity index is 1.28. The predicted octanol–water partition coefficient (Wildman–Crippen LogP) is 4.25. The Hall–Kier alpha value is -1.63. The number of aliphatic hydroxyl groups is 1. The maximum absolute atomic E-state index is 12.7. The quantitative estimate of drug-likeness (QED) is 0.702. The van der Waals surface area contributed by atoms with Gasteiger partial charge >= 0.3 is 0 Å². The zero-order chi connectivity index (χ0) is 21.2. The minimum absolute atomic E-state index is 0.0953. The summed E-state index contributed by atoms with van der Waals surface area (Å²) in [7, 11) is -1.00. The van der Waals surface area contributed by atoms with Crippen molar-refractivity contribution in [2.75, 3.05) is 22.6 Å². The van der Waals surface area contributed by atoms with E-state index in [9.17, 15) is 9.32 Å². The lowest BCUT2D eigenvalue weighted by Crippen LogP contribution is -2.61. The minimum atomic E-state index is -1.00. The lowest BCUT2D eigenvalue weighted by molar-refractivity contribution is 0.143. The topological polar surface area (TPSA) is 65.5 Å². The third kappa shape index (κ3) is 3.30. The van der Waals surface area contributed by atoms with E-state index in [1.807, 2.05) is 12.1 Å². The molecule has 2 saturated heterocycles. The molecule has 4 fully saturated rings. The summed E-state index contributed by atoms with van der Waals surface area (Å²) in [5.74, 6) is 3.01. The van der Waals surface area contributed by atoms with Crippen LogP contribution in [0.15, 0.2) is 35.2 Å². The number of pyridine rings is 1. The summed E-state index contributed by atoms with van der Waals surface area (Å²) in [6.07, 6.45) is 7.31. The number of rotatable bonds is 5. The molecule has 2 bridgehead atoms. The highest BCUT2D eigenvalue weighted by molar-refractivity contribution is 7.85. The molecule has 164 valence electrons. The van der Waals surface area contributed by atoms with E-state index in [2.05, 4.69) is 28.4 Å². The summed E-state index contributed by atoms with van der Waals surface area (Å²) < 4.78 is 12.7. The summed E-state index contributed by atoms with van der Waals surface area (Å²) in [5.41, 5.74) is 2.25. The van der Waals surface area contributed by atoms with Crippen molar-refractivity contribution >= 4 is 34.0 Å². The van der Waals surface area contributed by atoms with E-state index < -0.39 is 10.8 Å². The van der Waals surface area contributed by atoms with E-state index in [1.54, 1.807) is 0 Å². The lowest BCUT2D eigenvalue weighted by Gasteiger charge is -2.56. The normalized spacial score (nSPS) is 30.3. The van der Waals surface area contributed by atoms with Crippen LogP contribution in [0.2, 0.25) is 5.02 Å². The molecule has 5 nitrogen and oxygen atoms in total. The molecule has 4 heterocycles. The zero-order valence-corrected chi connectivity index (χ0v) is 19.1. The van der Waals surface area contributed by atoms with Crippen LogP contribution >= 0.6 is 11.6 Å². The number of benzene rings is 1. The highest BCUT2D eigenvalue weighted by atomic mass is 35.5. The largest absolute Gasteiger partial charge is 0.394 e. The van der Waals surface area contributed by atoms with Gasteiger partial charge in [-0.05, 0) is 80.2 Å². The first-order valence-corrected chi connectivity index (χ1v) is 13.1. The summed E-state index contributed by atoms with van der Waals surface area (Å²) in [6.45, 7) is 0.0953. The highest BCUT2D eigenvalue weighted by Crippen LogP contribution is 2.48. The Kier molecular flexibility index (Phi) is 4.82. The van der Waals surface area contributed by atoms with Crippen LogP contribution in [0.5, 0.6) is 0 Å². The first-order chi connectivity index (χ1) is 15.0. The molecule has 3 unspecified atom stereocenters. The fourth-order valence-corrected chi connectivity index (χ4v) is 7.47. The van der Waals surface area contributed by atoms with Crippen LogP contribution in [0.25, 0.3) is 0 Å². The third-order valence-electron chi connectivity index (χ3n) is 7.87. The average molecular weight is 458 g/mol. The molecule has 3 atom stereocenters. The smallest absolute Gasteiger partial charge is 0.145 e. The number of aryl methyl sites for hydroxylation is 1. The Morgan fingerprint density at radius 1 is 1.19 bits per heavy atom. The van der Waals surface area contributed by atoms with Gasteiger partial charge in [-0.15, -0.1) is 0 Å². The fourth-order valence-electron chi connectivity index (χ4n) is 5.97. The number of aliphatic hydroxyl groups excluding tert-OH is 1. The number of piperidine rings is 1. The third-order valence-corrected chi connectivity index (χ3v) is 9.61. The maximum Gasteiger partial charge on any atom is 0.145 e. The lowest BCUT2D eigenvalue weighted by atomic mass is 9.71. The summed E-state index contributed by atoms with van der Waals surface area (Å²) in [4.78, 5) is 8.38. The predicted molar refractivity (Wildman–Crippen MR) is 125 cm³/mol. The standard InChI is InChI=1S/C24H28ClN3O2S/c25-18-4-2-15(3-5-18)17-10-19-13-20(11-17)28(19)21-12-16-6-9-31(30)22(16)23(26-21)27-24(14-29)7-1-8-24/h2-5,12,17,19-20,29H,1,6-11,13-14H2,(H,26,27). The monoisotopic (exact) mass is 457 g/mol. The number of nitrogens with zero attached hydrogens (tertiary/aromatic N) is 2. The van der Waals surface area contributed by atoms with Gasteiger partial charge in [-0.1, -0.05) is 23.7 Å². The Bertz CT molecular complexity index is 1020. The molecule has 0 amide bonds. The van der Waals surface area contributed by atoms with Gasteiger partial charge in [0.2, 0.25) is 0 Å². The first kappa shape index (κ1) is 20.0. The van der Waals surface area contributed by atoms with E-state index >= 15 is 0 Å². The van der Waals surface area contributed by atoms with E-state index in [0.29, 0.717) is 23.8 Å². The molecule has 1 aromatic carbocycles. The van der Waals surface area contributed by atoms with Crippen molar-refractivity contribution in [3.63, 3.8) is 0 Å². The fraction of sp³-hybridized carbons (Fsp3) is 0.542. The van der Waals surface area contributed by atoms with Gasteiger partial charge in [0.15, 0.2) is 0 Å². The number of anilines is 2. The van der Waals surface area contributed by atoms with Crippen molar-refractivity contribution in [1.82, 2.24) is 4.98 Å². The molecular formula is C24H28ClN3O2S. The summed E-state index contributed by atoms with van der Waals surface area (Å²) in [5, 5.41) is 14.3. The Labute approximate surface area is 190 Å². The van der Waals surface area contributed by atoms with Crippen LogP contribution in [0.4, 0.5) is 11.6 Å². The van der Waals surface area contributed by atoms with E-state index in [4.69, 9.17) is 16.6 Å². The Morgan fingerprint density at radius 3 is 2.58 bits per heavy atom. The van der Waals surface area contributed by atoms with Gasteiger partial charge in [0.05, 0.1) is 27.8 Å². The molecule has 5 aliphatic rings. The van der Waals surface area contributed by atoms with Gasteiger partial charge in [-0.2, -0.15) is 0 Å². The highest BCUT2D eigenvalue weighted by Gasteiger charge is 2.47. The number of halogens is 1. The molecule has 31 heavy (non-hydrogen) atoms. The van der Waals surface area contributed by atoms with Crippen LogP contribution in [0.1, 0.15) is 55.6 Å². The van der Waals surface area contributed by atoms with Crippen LogP contribution in [0.3, 0.4) is 0 Å². The minimum Gasteiger partial charge on any atom is -0.394 e. The van der Waals surface area contributed by atoms with Crippen molar-refractivity contribution in [3.8, 4) is 0 Å². The van der Waals surface area contributed by atoms with E-state index in [0.717, 1.165) is 65.6 Å². The van der Waals surface area contributed by atoms with E-state index in [-0.39, 0.29) is 12.1 Å². The molecule has 1 aromatic heterocycles. The van der Waals surface area contributed by atoms with Crippen molar-refractivity contribution < 1.29 is 9.32 Å². The number of fused-ring (bicyclic) bond motifs is 3. The number of nitrogens with one attached hydrogen (secondary N) is 1. The molecule has 2 aliphatic carbocycles. The van der Waals surface area contributed by atoms with Crippen molar-refractivity contribution in [2.24, 2.45) is 0 Å². The second-order valence-corrected chi connectivity index (χ2v) is 11.6. The van der Waals surface area contributed by atoms with Gasteiger partial charge < -0.3 is 15.3 Å². The SMILES string of the molecule is O=S1CCc2cc(N3C4CC(c5ccc(Cl)cc5)CC3C4)nc(NC3(CO)CCC3)c21. The number of hydrogen-bond donors (Lipinski definition) is 2. The average Bonchev–Trinajstić information content (AvgIpc) is 3.12. The van der Waals surface area contributed by atoms with Gasteiger partial charge in [0, 0.05) is 22.9 Å². The van der Waals surface area contributed by atoms with E-state index in [1.165, 1.54) is 12.0 Å². The van der Waals surface area contributed by atoms with Crippen molar-refractivity contribution in [3.05, 3.63) is 46.5 Å². The molecule has 7 heteroatoms. The molecule has 2 N–H and O–H groups in total. The van der Waals surface area contributed by atoms with Crippen LogP contribution < -0.4 is 10.2 Å². The second kappa shape index (κ2) is 7.46. The number of aromatic nitrogens is 1.